The number of alkyl halides is 6. The van der Waals surface area contributed by atoms with E-state index < -0.39 is 31.3 Å². The number of pyridine rings is 4. The maximum atomic E-state index is 10.7. The van der Waals surface area contributed by atoms with Crippen molar-refractivity contribution in [2.24, 2.45) is 0 Å². The molecule has 0 unspecified atom stereocenters. The molecule has 0 atom stereocenters. The summed E-state index contributed by atoms with van der Waals surface area (Å²) >= 11 is 0. The molecule has 0 fully saturated rings. The van der Waals surface area contributed by atoms with Crippen LogP contribution < -0.4 is 0 Å². The zero-order valence-electron chi connectivity index (χ0n) is 21.2. The number of halogens is 6. The number of rotatable bonds is 2. The Morgan fingerprint density at radius 3 is 0.705 bits per heavy atom. The summed E-state index contributed by atoms with van der Waals surface area (Å²) in [5.74, 6) is 0. The predicted octanol–water partition coefficient (Wildman–Crippen LogP) is 2.74. The van der Waals surface area contributed by atoms with Crippen molar-refractivity contribution in [1.82, 2.24) is 19.9 Å². The quantitative estimate of drug-likeness (QED) is 0.124. The maximum Gasteiger partial charge on any atom is 0.485 e. The van der Waals surface area contributed by atoms with Crippen LogP contribution in [0.4, 0.5) is 26.3 Å². The second-order valence-corrected chi connectivity index (χ2v) is 9.40. The van der Waals surface area contributed by atoms with E-state index in [9.17, 15) is 26.3 Å². The van der Waals surface area contributed by atoms with Crippen molar-refractivity contribution in [3.8, 4) is 22.8 Å². The molecule has 4 heterocycles. The smallest absolute Gasteiger partial charge is 0.485 e. The normalized spacial score (nSPS) is 10.4. The molecule has 0 aliphatic carbocycles. The SMILES string of the molecule is O.O.O=S(=O)([O-])C(F)(F)F.O=S(=O)([O-])C(F)(F)F.[Pd].[Pd].c1ccc(-c2ccccn2)nc1.c1ccc(-c2ccccn2)nc1. The Kier molecular flexibility index (Phi) is 23.9. The van der Waals surface area contributed by atoms with Gasteiger partial charge in [-0.25, -0.2) is 16.8 Å². The zero-order valence-corrected chi connectivity index (χ0v) is 25.9. The molecule has 0 bridgehead atoms. The molecule has 0 aromatic carbocycles. The molecule has 0 amide bonds. The Labute approximate surface area is 274 Å². The van der Waals surface area contributed by atoms with Crippen LogP contribution in [0.3, 0.4) is 0 Å². The first kappa shape index (κ1) is 48.2. The summed E-state index contributed by atoms with van der Waals surface area (Å²) in [6.07, 6.45) is 7.07. The second-order valence-electron chi connectivity index (χ2n) is 6.66. The molecule has 4 N–H and O–H groups in total. The Morgan fingerprint density at radius 1 is 0.455 bits per heavy atom. The fourth-order valence-electron chi connectivity index (χ4n) is 2.06. The summed E-state index contributed by atoms with van der Waals surface area (Å²) in [6.45, 7) is 0. The van der Waals surface area contributed by atoms with Crippen molar-refractivity contribution in [1.29, 1.82) is 0 Å². The van der Waals surface area contributed by atoms with Crippen molar-refractivity contribution in [2.75, 3.05) is 0 Å². The molecule has 0 aliphatic heterocycles. The minimum atomic E-state index is -6.09. The average Bonchev–Trinajstić information content (AvgIpc) is 2.90. The summed E-state index contributed by atoms with van der Waals surface area (Å²) in [5.41, 5.74) is -7.63. The first-order valence-electron chi connectivity index (χ1n) is 10.1. The Morgan fingerprint density at radius 2 is 0.614 bits per heavy atom. The van der Waals surface area contributed by atoms with Gasteiger partial charge in [0.25, 0.3) is 0 Å². The first-order chi connectivity index (χ1) is 18.4. The topological polar surface area (TPSA) is 229 Å². The van der Waals surface area contributed by atoms with Crippen LogP contribution in [0.25, 0.3) is 22.8 Å². The number of hydrogen-bond acceptors (Lipinski definition) is 10. The van der Waals surface area contributed by atoms with Gasteiger partial charge in [-0.05, 0) is 48.5 Å². The third kappa shape index (κ3) is 18.8. The van der Waals surface area contributed by atoms with E-state index in [1.54, 1.807) is 24.8 Å². The summed E-state index contributed by atoms with van der Waals surface area (Å²) in [6, 6.07) is 23.2. The Balaban J connectivity index is -0.000000240. The molecule has 0 spiro atoms. The van der Waals surface area contributed by atoms with Gasteiger partial charge in [0.1, 0.15) is 0 Å². The fraction of sp³-hybridized carbons (Fsp3) is 0.0909. The van der Waals surface area contributed by atoms with Crippen LogP contribution in [0.5, 0.6) is 0 Å². The van der Waals surface area contributed by atoms with Gasteiger partial charge in [0.05, 0.1) is 22.8 Å². The van der Waals surface area contributed by atoms with E-state index in [2.05, 4.69) is 19.9 Å². The van der Waals surface area contributed by atoms with Gasteiger partial charge in [-0.1, -0.05) is 24.3 Å². The third-order valence-corrected chi connectivity index (χ3v) is 4.89. The molecular formula is C22H20F6N4O8Pd2S2-2. The minimum absolute atomic E-state index is 0. The molecule has 0 saturated carbocycles. The largest absolute Gasteiger partial charge is 0.741 e. The van der Waals surface area contributed by atoms with Crippen LogP contribution in [0.2, 0.25) is 0 Å². The Hall–Kier alpha value is -2.76. The summed E-state index contributed by atoms with van der Waals surface area (Å²) in [7, 11) is -12.2. The van der Waals surface area contributed by atoms with E-state index in [0.29, 0.717) is 0 Å². The standard InChI is InChI=1S/2C10H8N2.2CHF3O3S.2H2O.2Pd/c2*1-3-7-11-9(5-1)10-6-2-4-8-12-10;2*2-1(3,4)8(5,6)7;;;;/h2*1-8H;2*(H,5,6,7);2*1H2;;/p-2. The molecule has 22 heteroatoms. The van der Waals surface area contributed by atoms with Crippen LogP contribution in [0, 0.1) is 0 Å². The number of aromatic nitrogens is 4. The minimum Gasteiger partial charge on any atom is -0.741 e. The van der Waals surface area contributed by atoms with Crippen molar-refractivity contribution in [2.45, 2.75) is 11.0 Å². The summed E-state index contributed by atoms with van der Waals surface area (Å²) in [5, 5.41) is 0. The third-order valence-electron chi connectivity index (χ3n) is 3.75. The van der Waals surface area contributed by atoms with Crippen molar-refractivity contribution >= 4 is 20.2 Å². The van der Waals surface area contributed by atoms with Crippen molar-refractivity contribution < 1.29 is 104 Å². The van der Waals surface area contributed by atoms with Gasteiger partial charge < -0.3 is 20.1 Å². The maximum absolute atomic E-state index is 10.7. The van der Waals surface area contributed by atoms with E-state index in [1.807, 2.05) is 72.8 Å². The Bertz CT molecular complexity index is 1320. The van der Waals surface area contributed by atoms with Crippen LogP contribution in [0.1, 0.15) is 0 Å². The molecule has 4 rings (SSSR count). The van der Waals surface area contributed by atoms with Crippen molar-refractivity contribution in [3.63, 3.8) is 0 Å². The molecule has 4 aromatic heterocycles. The van der Waals surface area contributed by atoms with Crippen LogP contribution in [-0.4, -0.2) is 67.8 Å². The van der Waals surface area contributed by atoms with Crippen LogP contribution in [0.15, 0.2) is 97.6 Å². The van der Waals surface area contributed by atoms with Gasteiger partial charge >= 0.3 is 11.0 Å². The van der Waals surface area contributed by atoms with E-state index in [-0.39, 0.29) is 51.8 Å². The first-order valence-corrected chi connectivity index (χ1v) is 12.9. The molecule has 4 aromatic rings. The average molecular weight is 859 g/mol. The van der Waals surface area contributed by atoms with E-state index in [0.717, 1.165) is 22.8 Å². The summed E-state index contributed by atoms with van der Waals surface area (Å²) < 4.78 is 118. The van der Waals surface area contributed by atoms with Crippen LogP contribution >= 0.6 is 0 Å². The molecule has 12 nitrogen and oxygen atoms in total. The van der Waals surface area contributed by atoms with E-state index in [1.165, 1.54) is 0 Å². The fourth-order valence-corrected chi connectivity index (χ4v) is 2.06. The van der Waals surface area contributed by atoms with Gasteiger partial charge in [-0.15, -0.1) is 0 Å². The van der Waals surface area contributed by atoms with Gasteiger partial charge in [0.2, 0.25) is 0 Å². The summed E-state index contributed by atoms with van der Waals surface area (Å²) in [4.78, 5) is 16.7. The molecule has 44 heavy (non-hydrogen) atoms. The van der Waals surface area contributed by atoms with E-state index in [4.69, 9.17) is 25.9 Å². The molecule has 0 saturated heterocycles. The van der Waals surface area contributed by atoms with E-state index >= 15 is 0 Å². The monoisotopic (exact) mass is 858 g/mol. The molecule has 0 aliphatic rings. The van der Waals surface area contributed by atoms with Gasteiger partial charge in [-0.2, -0.15) is 26.3 Å². The van der Waals surface area contributed by atoms with Crippen LogP contribution in [-0.2, 0) is 61.1 Å². The van der Waals surface area contributed by atoms with Gasteiger partial charge in [0.15, 0.2) is 20.2 Å². The van der Waals surface area contributed by atoms with Gasteiger partial charge in [0, 0.05) is 65.6 Å². The van der Waals surface area contributed by atoms with Crippen molar-refractivity contribution in [3.05, 3.63) is 97.6 Å². The predicted molar refractivity (Wildman–Crippen MR) is 134 cm³/mol. The number of hydrogen-bond donors (Lipinski definition) is 0. The molecular weight excluding hydrogens is 839 g/mol. The molecule has 0 radical (unpaired) electrons. The zero-order chi connectivity index (χ0) is 30.5. The molecule has 252 valence electrons. The second kappa shape index (κ2) is 21.9. The number of nitrogens with zero attached hydrogens (tertiary/aromatic N) is 4. The van der Waals surface area contributed by atoms with Gasteiger partial charge in [-0.3, -0.25) is 19.9 Å².